The monoisotopic (exact) mass is 337 g/mol. The zero-order chi connectivity index (χ0) is 18.3. The lowest BCUT2D eigenvalue weighted by molar-refractivity contribution is -0.135. The number of H-pyrrole nitrogens is 1. The molecule has 7 heteroatoms. The van der Waals surface area contributed by atoms with E-state index in [1.165, 1.54) is 10.9 Å². The summed E-state index contributed by atoms with van der Waals surface area (Å²) in [5.74, 6) is -1.67. The van der Waals surface area contributed by atoms with Gasteiger partial charge in [0.15, 0.2) is 0 Å². The Bertz CT molecular complexity index is 688. The highest BCUT2D eigenvalue weighted by Gasteiger charge is 2.35. The predicted molar refractivity (Wildman–Crippen MR) is 89.0 cm³/mol. The van der Waals surface area contributed by atoms with Crippen LogP contribution in [0.2, 0.25) is 0 Å². The standard InChI is InChI=1S/C13H15NO2.2C2H4O2/c1-13(8-15)12-10(6-7-16-13)9-4-2-3-5-11(9)14-12;2*1-2(3)4/h2-5,14-15H,6-8H2,1H3;2*1H3,(H,3,4). The van der Waals surface area contributed by atoms with Crippen molar-refractivity contribution in [3.05, 3.63) is 35.5 Å². The molecular formula is C17H23NO6. The molecule has 0 fully saturated rings. The first kappa shape index (κ1) is 19.7. The van der Waals surface area contributed by atoms with E-state index in [1.807, 2.05) is 19.1 Å². The summed E-state index contributed by atoms with van der Waals surface area (Å²) in [6.45, 7) is 4.78. The molecule has 1 aliphatic heterocycles. The second-order valence-electron chi connectivity index (χ2n) is 5.55. The second kappa shape index (κ2) is 8.47. The minimum atomic E-state index is -0.833. The van der Waals surface area contributed by atoms with Gasteiger partial charge in [-0.05, 0) is 25.0 Å². The van der Waals surface area contributed by atoms with Crippen LogP contribution in [0.5, 0.6) is 0 Å². The highest BCUT2D eigenvalue weighted by atomic mass is 16.5. The highest BCUT2D eigenvalue weighted by Crippen LogP contribution is 2.36. The van der Waals surface area contributed by atoms with Crippen LogP contribution in [-0.4, -0.2) is 45.5 Å². The number of aliphatic hydroxyl groups is 1. The van der Waals surface area contributed by atoms with Crippen LogP contribution in [0.1, 0.15) is 32.0 Å². The van der Waals surface area contributed by atoms with Crippen LogP contribution in [0.4, 0.5) is 0 Å². The molecule has 0 radical (unpaired) electrons. The van der Waals surface area contributed by atoms with Gasteiger partial charge in [-0.3, -0.25) is 9.59 Å². The summed E-state index contributed by atoms with van der Waals surface area (Å²) < 4.78 is 5.69. The van der Waals surface area contributed by atoms with Gasteiger partial charge in [-0.25, -0.2) is 0 Å². The van der Waals surface area contributed by atoms with E-state index in [0.717, 1.165) is 31.5 Å². The number of rotatable bonds is 1. The molecule has 1 atom stereocenters. The molecule has 0 amide bonds. The van der Waals surface area contributed by atoms with Gasteiger partial charge in [0.1, 0.15) is 5.60 Å². The summed E-state index contributed by atoms with van der Waals surface area (Å²) in [5, 5.41) is 25.6. The van der Waals surface area contributed by atoms with E-state index < -0.39 is 17.5 Å². The van der Waals surface area contributed by atoms with Crippen LogP contribution in [0.3, 0.4) is 0 Å². The lowest BCUT2D eigenvalue weighted by Gasteiger charge is -2.32. The number of aliphatic carboxylic acids is 2. The molecule has 4 N–H and O–H groups in total. The molecule has 132 valence electrons. The molecule has 1 aliphatic rings. The van der Waals surface area contributed by atoms with Gasteiger partial charge in [0.25, 0.3) is 11.9 Å². The van der Waals surface area contributed by atoms with E-state index in [4.69, 9.17) is 24.5 Å². The van der Waals surface area contributed by atoms with Gasteiger partial charge in [-0.1, -0.05) is 18.2 Å². The minimum Gasteiger partial charge on any atom is -0.481 e. The van der Waals surface area contributed by atoms with Crippen molar-refractivity contribution in [2.45, 2.75) is 32.8 Å². The van der Waals surface area contributed by atoms with Crippen molar-refractivity contribution in [3.8, 4) is 0 Å². The lowest BCUT2D eigenvalue weighted by Crippen LogP contribution is -2.36. The number of hydrogen-bond acceptors (Lipinski definition) is 4. The number of nitrogens with one attached hydrogen (secondary N) is 1. The number of fused-ring (bicyclic) bond motifs is 3. The Morgan fingerprint density at radius 2 is 1.75 bits per heavy atom. The zero-order valence-electron chi connectivity index (χ0n) is 14.0. The maximum Gasteiger partial charge on any atom is 0.300 e. The molecule has 0 aliphatic carbocycles. The van der Waals surface area contributed by atoms with Gasteiger partial charge < -0.3 is 25.0 Å². The Hall–Kier alpha value is -2.38. The number of carboxylic acid groups (broad SMARTS) is 2. The molecular weight excluding hydrogens is 314 g/mol. The van der Waals surface area contributed by atoms with Crippen molar-refractivity contribution in [2.75, 3.05) is 13.2 Å². The number of aromatic nitrogens is 1. The lowest BCUT2D eigenvalue weighted by atomic mass is 9.94. The average Bonchev–Trinajstić information content (AvgIpc) is 2.87. The van der Waals surface area contributed by atoms with Gasteiger partial charge in [-0.15, -0.1) is 0 Å². The Morgan fingerprint density at radius 1 is 1.21 bits per heavy atom. The topological polar surface area (TPSA) is 120 Å². The molecule has 2 heterocycles. The Balaban J connectivity index is 0.000000306. The highest BCUT2D eigenvalue weighted by molar-refractivity contribution is 5.85. The maximum atomic E-state index is 9.48. The van der Waals surface area contributed by atoms with Gasteiger partial charge in [0, 0.05) is 24.8 Å². The van der Waals surface area contributed by atoms with Gasteiger partial charge in [-0.2, -0.15) is 0 Å². The van der Waals surface area contributed by atoms with Crippen molar-refractivity contribution < 1.29 is 29.6 Å². The number of carboxylic acids is 2. The van der Waals surface area contributed by atoms with Crippen LogP contribution in [-0.2, 0) is 26.3 Å². The SMILES string of the molecule is CC(=O)O.CC(=O)O.CC1(CO)OCCc2c1[nH]c1ccccc21. The van der Waals surface area contributed by atoms with Crippen molar-refractivity contribution in [1.82, 2.24) is 4.98 Å². The maximum absolute atomic E-state index is 9.48. The van der Waals surface area contributed by atoms with Crippen LogP contribution >= 0.6 is 0 Å². The van der Waals surface area contributed by atoms with E-state index in [1.54, 1.807) is 0 Å². The third-order valence-electron chi connectivity index (χ3n) is 3.42. The van der Waals surface area contributed by atoms with Gasteiger partial charge in [0.05, 0.1) is 18.9 Å². The molecule has 1 aromatic carbocycles. The fourth-order valence-corrected chi connectivity index (χ4v) is 2.49. The Morgan fingerprint density at radius 3 is 2.29 bits per heavy atom. The predicted octanol–water partition coefficient (Wildman–Crippen LogP) is 2.13. The summed E-state index contributed by atoms with van der Waals surface area (Å²) in [6.07, 6.45) is 0.912. The van der Waals surface area contributed by atoms with E-state index >= 15 is 0 Å². The molecule has 24 heavy (non-hydrogen) atoms. The summed E-state index contributed by atoms with van der Waals surface area (Å²) in [4.78, 5) is 21.4. The van der Waals surface area contributed by atoms with Crippen molar-refractivity contribution in [3.63, 3.8) is 0 Å². The molecule has 7 nitrogen and oxygen atoms in total. The number of benzene rings is 1. The molecule has 0 saturated heterocycles. The Kier molecular flexibility index (Phi) is 6.94. The quantitative estimate of drug-likeness (QED) is 0.633. The summed E-state index contributed by atoms with van der Waals surface area (Å²) in [6, 6.07) is 8.24. The molecule has 2 aromatic rings. The van der Waals surface area contributed by atoms with E-state index in [9.17, 15) is 5.11 Å². The van der Waals surface area contributed by atoms with E-state index in [2.05, 4.69) is 17.1 Å². The van der Waals surface area contributed by atoms with E-state index in [0.29, 0.717) is 6.61 Å². The van der Waals surface area contributed by atoms with Crippen molar-refractivity contribution in [2.24, 2.45) is 0 Å². The van der Waals surface area contributed by atoms with Gasteiger partial charge in [0.2, 0.25) is 0 Å². The van der Waals surface area contributed by atoms with Crippen LogP contribution in [0, 0.1) is 0 Å². The molecule has 3 rings (SSSR count). The zero-order valence-corrected chi connectivity index (χ0v) is 14.0. The third kappa shape index (κ3) is 5.07. The van der Waals surface area contributed by atoms with Gasteiger partial charge >= 0.3 is 0 Å². The molecule has 1 aromatic heterocycles. The van der Waals surface area contributed by atoms with Crippen LogP contribution < -0.4 is 0 Å². The first-order valence-corrected chi connectivity index (χ1v) is 7.45. The number of aliphatic hydroxyl groups excluding tert-OH is 1. The summed E-state index contributed by atoms with van der Waals surface area (Å²) >= 11 is 0. The van der Waals surface area contributed by atoms with Crippen molar-refractivity contribution in [1.29, 1.82) is 0 Å². The number of ether oxygens (including phenoxy) is 1. The normalized spacial score (nSPS) is 18.5. The summed E-state index contributed by atoms with van der Waals surface area (Å²) in [5.41, 5.74) is 2.87. The first-order valence-electron chi connectivity index (χ1n) is 7.45. The van der Waals surface area contributed by atoms with Crippen LogP contribution in [0.15, 0.2) is 24.3 Å². The van der Waals surface area contributed by atoms with Crippen molar-refractivity contribution >= 4 is 22.8 Å². The average molecular weight is 337 g/mol. The minimum absolute atomic E-state index is 0.00677. The molecule has 1 unspecified atom stereocenters. The van der Waals surface area contributed by atoms with E-state index in [-0.39, 0.29) is 6.61 Å². The number of carbonyl (C=O) groups is 2. The fraction of sp³-hybridized carbons (Fsp3) is 0.412. The number of aromatic amines is 1. The largest absolute Gasteiger partial charge is 0.481 e. The molecule has 0 spiro atoms. The fourth-order valence-electron chi connectivity index (χ4n) is 2.49. The molecule has 0 bridgehead atoms. The number of para-hydroxylation sites is 1. The number of hydrogen-bond donors (Lipinski definition) is 4. The third-order valence-corrected chi connectivity index (χ3v) is 3.42. The summed E-state index contributed by atoms with van der Waals surface area (Å²) in [7, 11) is 0. The first-order chi connectivity index (χ1) is 11.2. The second-order valence-corrected chi connectivity index (χ2v) is 5.55. The van der Waals surface area contributed by atoms with Crippen LogP contribution in [0.25, 0.3) is 10.9 Å². The molecule has 0 saturated carbocycles. The Labute approximate surface area is 139 Å². The smallest absolute Gasteiger partial charge is 0.300 e.